The number of hydrogen-bond donors (Lipinski definition) is 2. The van der Waals surface area contributed by atoms with Gasteiger partial charge in [-0.05, 0) is 37.3 Å². The van der Waals surface area contributed by atoms with Gasteiger partial charge in [-0.3, -0.25) is 14.7 Å². The maximum absolute atomic E-state index is 12.0. The molecule has 2 rings (SSSR count). The van der Waals surface area contributed by atoms with Crippen LogP contribution in [-0.4, -0.2) is 45.5 Å². The van der Waals surface area contributed by atoms with E-state index in [9.17, 15) is 14.7 Å². The Morgan fingerprint density at radius 1 is 1.30 bits per heavy atom. The van der Waals surface area contributed by atoms with Crippen molar-refractivity contribution < 1.29 is 14.7 Å². The first-order chi connectivity index (χ1) is 9.47. The lowest BCUT2D eigenvalue weighted by atomic mass is 10.1. The Balaban J connectivity index is 2.04. The summed E-state index contributed by atoms with van der Waals surface area (Å²) < 4.78 is 0. The molecular weight excluding hydrogens is 258 g/mol. The van der Waals surface area contributed by atoms with E-state index in [1.54, 1.807) is 20.0 Å². The largest absolute Gasteiger partial charge is 0.508 e. The van der Waals surface area contributed by atoms with Gasteiger partial charge >= 0.3 is 0 Å². The minimum Gasteiger partial charge on any atom is -0.508 e. The molecule has 2 N–H and O–H groups in total. The molecule has 2 aromatic rings. The van der Waals surface area contributed by atoms with Crippen molar-refractivity contribution in [3.8, 4) is 5.75 Å². The van der Waals surface area contributed by atoms with Gasteiger partial charge in [0.25, 0.3) is 5.91 Å². The van der Waals surface area contributed by atoms with Gasteiger partial charge in [-0.2, -0.15) is 5.10 Å². The third kappa shape index (κ3) is 3.03. The number of aromatic nitrogens is 2. The van der Waals surface area contributed by atoms with Crippen LogP contribution in [0.25, 0.3) is 0 Å². The summed E-state index contributed by atoms with van der Waals surface area (Å²) in [5.74, 6) is -0.424. The first kappa shape index (κ1) is 13.8. The predicted octanol–water partition coefficient (Wildman–Crippen LogP) is 1.38. The Morgan fingerprint density at radius 2 is 1.95 bits per heavy atom. The molecule has 0 spiro atoms. The van der Waals surface area contributed by atoms with Crippen LogP contribution in [0.4, 0.5) is 0 Å². The summed E-state index contributed by atoms with van der Waals surface area (Å²) in [7, 11) is 1.55. The first-order valence-electron chi connectivity index (χ1n) is 6.07. The third-order valence-electron chi connectivity index (χ3n) is 2.84. The Labute approximate surface area is 116 Å². The highest BCUT2D eigenvalue weighted by Crippen LogP contribution is 2.11. The van der Waals surface area contributed by atoms with Crippen LogP contribution < -0.4 is 0 Å². The zero-order valence-corrected chi connectivity index (χ0v) is 11.3. The van der Waals surface area contributed by atoms with Crippen LogP contribution in [0.1, 0.15) is 26.5 Å². The minimum atomic E-state index is -0.318. The van der Waals surface area contributed by atoms with Crippen LogP contribution in [0.5, 0.6) is 5.75 Å². The van der Waals surface area contributed by atoms with Gasteiger partial charge in [0.2, 0.25) is 0 Å². The molecule has 20 heavy (non-hydrogen) atoms. The van der Waals surface area contributed by atoms with Crippen molar-refractivity contribution in [2.24, 2.45) is 0 Å². The lowest BCUT2D eigenvalue weighted by molar-refractivity contribution is 0.0743. The topological polar surface area (TPSA) is 86.3 Å². The van der Waals surface area contributed by atoms with E-state index in [2.05, 4.69) is 10.2 Å². The number of hydrogen-bond acceptors (Lipinski definition) is 4. The van der Waals surface area contributed by atoms with Gasteiger partial charge < -0.3 is 10.0 Å². The fraction of sp³-hybridized carbons (Fsp3) is 0.214. The maximum Gasteiger partial charge on any atom is 0.274 e. The number of carbonyl (C=O) groups excluding carboxylic acids is 2. The fourth-order valence-electron chi connectivity index (χ4n) is 1.75. The molecule has 1 aromatic carbocycles. The number of amides is 1. The van der Waals surface area contributed by atoms with E-state index in [0.29, 0.717) is 5.56 Å². The van der Waals surface area contributed by atoms with Crippen molar-refractivity contribution in [1.82, 2.24) is 15.1 Å². The molecule has 0 aliphatic rings. The van der Waals surface area contributed by atoms with E-state index >= 15 is 0 Å². The van der Waals surface area contributed by atoms with Crippen LogP contribution in [0, 0.1) is 6.92 Å². The second-order valence-electron chi connectivity index (χ2n) is 4.57. The molecule has 0 saturated heterocycles. The second-order valence-corrected chi connectivity index (χ2v) is 4.57. The Hall–Kier alpha value is -2.63. The van der Waals surface area contributed by atoms with Gasteiger partial charge in [0, 0.05) is 18.3 Å². The Kier molecular flexibility index (Phi) is 3.84. The van der Waals surface area contributed by atoms with E-state index in [-0.39, 0.29) is 29.7 Å². The highest BCUT2D eigenvalue weighted by molar-refractivity contribution is 6.01. The van der Waals surface area contributed by atoms with Crippen molar-refractivity contribution >= 4 is 11.7 Å². The van der Waals surface area contributed by atoms with Gasteiger partial charge in [-0.25, -0.2) is 0 Å². The highest BCUT2D eigenvalue weighted by atomic mass is 16.3. The molecule has 0 unspecified atom stereocenters. The molecule has 0 aliphatic carbocycles. The molecule has 6 heteroatoms. The number of ketones is 1. The summed E-state index contributed by atoms with van der Waals surface area (Å²) in [6, 6.07) is 7.55. The maximum atomic E-state index is 12.0. The molecule has 0 fully saturated rings. The molecule has 1 aromatic heterocycles. The number of benzene rings is 1. The molecule has 0 atom stereocenters. The van der Waals surface area contributed by atoms with Crippen molar-refractivity contribution in [3.63, 3.8) is 0 Å². The molecule has 6 nitrogen and oxygen atoms in total. The Morgan fingerprint density at radius 3 is 2.50 bits per heavy atom. The number of Topliss-reactive ketones (excluding diaryl/α,β-unsaturated/α-hetero) is 1. The van der Waals surface area contributed by atoms with Gasteiger partial charge in [0.15, 0.2) is 5.78 Å². The molecule has 1 amide bonds. The number of aromatic hydroxyl groups is 1. The summed E-state index contributed by atoms with van der Waals surface area (Å²) in [6.07, 6.45) is 0. The number of carbonyl (C=O) groups is 2. The smallest absolute Gasteiger partial charge is 0.274 e. The summed E-state index contributed by atoms with van der Waals surface area (Å²) in [5, 5.41) is 15.7. The number of aromatic amines is 1. The molecule has 0 aliphatic heterocycles. The van der Waals surface area contributed by atoms with Crippen molar-refractivity contribution in [2.45, 2.75) is 6.92 Å². The number of rotatable bonds is 4. The van der Waals surface area contributed by atoms with E-state index in [1.807, 2.05) is 0 Å². The number of phenols is 1. The van der Waals surface area contributed by atoms with E-state index in [1.165, 1.54) is 29.2 Å². The summed E-state index contributed by atoms with van der Waals surface area (Å²) in [6.45, 7) is 1.75. The quantitative estimate of drug-likeness (QED) is 0.824. The van der Waals surface area contributed by atoms with Gasteiger partial charge in [0.1, 0.15) is 11.4 Å². The second kappa shape index (κ2) is 5.56. The Bertz CT molecular complexity index is 631. The zero-order chi connectivity index (χ0) is 14.7. The molecule has 104 valence electrons. The van der Waals surface area contributed by atoms with Crippen molar-refractivity contribution in [3.05, 3.63) is 47.3 Å². The van der Waals surface area contributed by atoms with Crippen molar-refractivity contribution in [1.29, 1.82) is 0 Å². The van der Waals surface area contributed by atoms with E-state index in [0.717, 1.165) is 5.69 Å². The van der Waals surface area contributed by atoms with Crippen LogP contribution in [-0.2, 0) is 0 Å². The van der Waals surface area contributed by atoms with Crippen LogP contribution in [0.2, 0.25) is 0 Å². The number of H-pyrrole nitrogens is 1. The number of aryl methyl sites for hydroxylation is 1. The minimum absolute atomic E-state index is 0.0461. The number of nitrogens with one attached hydrogen (secondary N) is 1. The van der Waals surface area contributed by atoms with E-state index < -0.39 is 0 Å². The summed E-state index contributed by atoms with van der Waals surface area (Å²) in [5.41, 5.74) is 1.51. The van der Waals surface area contributed by atoms with Crippen LogP contribution in [0.3, 0.4) is 0 Å². The SMILES string of the molecule is Cc1cc(C(=O)N(C)CC(=O)c2ccc(O)cc2)n[nH]1. The molecule has 1 heterocycles. The number of likely N-dealkylation sites (N-methyl/N-ethyl adjacent to an activating group) is 1. The molecule has 0 saturated carbocycles. The van der Waals surface area contributed by atoms with E-state index in [4.69, 9.17) is 0 Å². The standard InChI is InChI=1S/C14H15N3O3/c1-9-7-12(16-15-9)14(20)17(2)8-13(19)10-3-5-11(18)6-4-10/h3-7,18H,8H2,1-2H3,(H,15,16). The highest BCUT2D eigenvalue weighted by Gasteiger charge is 2.18. The van der Waals surface area contributed by atoms with Crippen molar-refractivity contribution in [2.75, 3.05) is 13.6 Å². The predicted molar refractivity (Wildman–Crippen MR) is 72.7 cm³/mol. The van der Waals surface area contributed by atoms with Crippen LogP contribution in [0.15, 0.2) is 30.3 Å². The number of nitrogens with zero attached hydrogens (tertiary/aromatic N) is 2. The van der Waals surface area contributed by atoms with Gasteiger partial charge in [0.05, 0.1) is 6.54 Å². The van der Waals surface area contributed by atoms with Gasteiger partial charge in [-0.15, -0.1) is 0 Å². The number of phenolic OH excluding ortho intramolecular Hbond substituents is 1. The lowest BCUT2D eigenvalue weighted by Gasteiger charge is -2.14. The summed E-state index contributed by atoms with van der Waals surface area (Å²) >= 11 is 0. The summed E-state index contributed by atoms with van der Waals surface area (Å²) in [4.78, 5) is 25.3. The fourth-order valence-corrected chi connectivity index (χ4v) is 1.75. The van der Waals surface area contributed by atoms with Crippen LogP contribution >= 0.6 is 0 Å². The van der Waals surface area contributed by atoms with Gasteiger partial charge in [-0.1, -0.05) is 0 Å². The normalized spacial score (nSPS) is 10.3. The molecule has 0 bridgehead atoms. The molecule has 0 radical (unpaired) electrons. The lowest BCUT2D eigenvalue weighted by Crippen LogP contribution is -2.32. The molecular formula is C14H15N3O3. The first-order valence-corrected chi connectivity index (χ1v) is 6.07. The third-order valence-corrected chi connectivity index (χ3v) is 2.84. The average Bonchev–Trinajstić information content (AvgIpc) is 2.85. The zero-order valence-electron chi connectivity index (χ0n) is 11.3. The average molecular weight is 273 g/mol. The monoisotopic (exact) mass is 273 g/mol.